The minimum Gasteiger partial charge on any atom is -0.481 e. The van der Waals surface area contributed by atoms with Crippen LogP contribution in [0.4, 0.5) is 0 Å². The van der Waals surface area contributed by atoms with Crippen LogP contribution in [-0.2, 0) is 15.2 Å². The molecule has 22 heavy (non-hydrogen) atoms. The van der Waals surface area contributed by atoms with Gasteiger partial charge in [0.05, 0.1) is 0 Å². The number of hydrogen-bond acceptors (Lipinski definition) is 3. The standard InChI is InChI=1S/C12H25.C2H4O2.Na.H2O4S/c1-3-5-7-9-11-12-10-8-6-4-2;1-2(3)4;;1-5(2,3)4/h1,3-12H2,2H3;1H3,(H,3,4);;(H2,1,2,3,4)/q-1;;+1;. The van der Waals surface area contributed by atoms with Crippen molar-refractivity contribution in [3.05, 3.63) is 6.92 Å². The Balaban J connectivity index is -0.000000135. The van der Waals surface area contributed by atoms with Crippen LogP contribution < -0.4 is 29.6 Å². The maximum Gasteiger partial charge on any atom is 1.00 e. The summed E-state index contributed by atoms with van der Waals surface area (Å²) in [5.41, 5.74) is 0. The molecule has 0 aliphatic rings. The molecule has 0 aromatic rings. The van der Waals surface area contributed by atoms with E-state index >= 15 is 0 Å². The Morgan fingerprint density at radius 1 is 0.909 bits per heavy atom. The van der Waals surface area contributed by atoms with E-state index in [1.165, 1.54) is 57.8 Å². The summed E-state index contributed by atoms with van der Waals surface area (Å²) in [5, 5.41) is 7.42. The minimum absolute atomic E-state index is 0. The van der Waals surface area contributed by atoms with E-state index < -0.39 is 16.4 Å². The second-order valence-electron chi connectivity index (χ2n) is 4.65. The zero-order chi connectivity index (χ0) is 17.1. The molecule has 0 aromatic heterocycles. The van der Waals surface area contributed by atoms with Gasteiger partial charge in [-0.3, -0.25) is 13.9 Å². The van der Waals surface area contributed by atoms with E-state index in [9.17, 15) is 0 Å². The Hall–Kier alpha value is 0.340. The maximum atomic E-state index is 9.00. The van der Waals surface area contributed by atoms with E-state index in [0.717, 1.165) is 13.3 Å². The molecule has 0 aliphatic heterocycles. The molecule has 0 heterocycles. The molecule has 0 saturated heterocycles. The van der Waals surface area contributed by atoms with Crippen molar-refractivity contribution in [2.45, 2.75) is 78.1 Å². The Bertz CT molecular complexity index is 284. The van der Waals surface area contributed by atoms with Crippen molar-refractivity contribution < 1.29 is 57.0 Å². The fourth-order valence-electron chi connectivity index (χ4n) is 1.49. The Morgan fingerprint density at radius 3 is 1.36 bits per heavy atom. The van der Waals surface area contributed by atoms with Crippen molar-refractivity contribution in [2.75, 3.05) is 0 Å². The number of aliphatic carboxylic acids is 1. The first kappa shape index (κ1) is 30.2. The van der Waals surface area contributed by atoms with Gasteiger partial charge in [0.1, 0.15) is 0 Å². The van der Waals surface area contributed by atoms with Crippen molar-refractivity contribution in [3.8, 4) is 0 Å². The van der Waals surface area contributed by atoms with Crippen LogP contribution in [0.25, 0.3) is 0 Å². The Kier molecular flexibility index (Phi) is 32.5. The second kappa shape index (κ2) is 23.6. The molecular weight excluding hydrogens is 319 g/mol. The average Bonchev–Trinajstić information content (AvgIpc) is 2.30. The molecule has 0 atom stereocenters. The zero-order valence-electron chi connectivity index (χ0n) is 14.3. The summed E-state index contributed by atoms with van der Waals surface area (Å²) in [7, 11) is -4.67. The third kappa shape index (κ3) is 87.2. The van der Waals surface area contributed by atoms with Crippen LogP contribution in [0.3, 0.4) is 0 Å². The summed E-state index contributed by atoms with van der Waals surface area (Å²) in [5.74, 6) is -0.833. The number of carboxylic acid groups (broad SMARTS) is 1. The van der Waals surface area contributed by atoms with Crippen LogP contribution >= 0.6 is 0 Å². The van der Waals surface area contributed by atoms with Crippen molar-refractivity contribution in [2.24, 2.45) is 0 Å². The number of carbonyl (C=O) groups is 1. The molecule has 0 aliphatic carbocycles. The molecular formula is C14H31NaO6S. The molecule has 0 amide bonds. The molecule has 0 fully saturated rings. The van der Waals surface area contributed by atoms with E-state index in [1.54, 1.807) is 0 Å². The van der Waals surface area contributed by atoms with E-state index in [0.29, 0.717) is 0 Å². The first-order valence-corrected chi connectivity index (χ1v) is 8.73. The first-order valence-electron chi connectivity index (χ1n) is 7.33. The molecule has 0 saturated carbocycles. The van der Waals surface area contributed by atoms with Crippen molar-refractivity contribution in [3.63, 3.8) is 0 Å². The predicted octanol–water partition coefficient (Wildman–Crippen LogP) is 1.18. The molecule has 0 spiro atoms. The van der Waals surface area contributed by atoms with Gasteiger partial charge in [0.25, 0.3) is 5.97 Å². The topological polar surface area (TPSA) is 112 Å². The van der Waals surface area contributed by atoms with E-state index in [2.05, 4.69) is 13.8 Å². The van der Waals surface area contributed by atoms with Gasteiger partial charge in [-0.15, -0.1) is 0 Å². The largest absolute Gasteiger partial charge is 1.00 e. The quantitative estimate of drug-likeness (QED) is 0.249. The fraction of sp³-hybridized carbons (Fsp3) is 0.857. The van der Waals surface area contributed by atoms with Gasteiger partial charge >= 0.3 is 40.0 Å². The van der Waals surface area contributed by atoms with Gasteiger partial charge in [-0.2, -0.15) is 14.8 Å². The monoisotopic (exact) mass is 350 g/mol. The summed E-state index contributed by atoms with van der Waals surface area (Å²) in [6.45, 7) is 7.20. The summed E-state index contributed by atoms with van der Waals surface area (Å²) >= 11 is 0. The van der Waals surface area contributed by atoms with Crippen molar-refractivity contribution in [1.82, 2.24) is 0 Å². The van der Waals surface area contributed by atoms with Crippen molar-refractivity contribution in [1.29, 1.82) is 0 Å². The molecule has 0 rings (SSSR count). The van der Waals surface area contributed by atoms with Crippen LogP contribution in [-0.4, -0.2) is 28.6 Å². The van der Waals surface area contributed by atoms with Crippen LogP contribution in [0.1, 0.15) is 78.1 Å². The van der Waals surface area contributed by atoms with Crippen LogP contribution in [0, 0.1) is 6.92 Å². The van der Waals surface area contributed by atoms with E-state index in [-0.39, 0.29) is 29.6 Å². The summed E-state index contributed by atoms with van der Waals surface area (Å²) in [4.78, 5) is 9.00. The summed E-state index contributed by atoms with van der Waals surface area (Å²) in [6.07, 6.45) is 13.9. The molecule has 3 N–H and O–H groups in total. The van der Waals surface area contributed by atoms with Gasteiger partial charge in [0.15, 0.2) is 0 Å². The SMILES string of the molecule is CC(=O)O.O=S(=O)(O)O.[CH2-]CCCCCCCCCCC.[Na+]. The average molecular weight is 350 g/mol. The zero-order valence-corrected chi connectivity index (χ0v) is 17.1. The molecule has 0 radical (unpaired) electrons. The number of rotatable bonds is 9. The van der Waals surface area contributed by atoms with Crippen molar-refractivity contribution >= 4 is 16.4 Å². The molecule has 0 bridgehead atoms. The summed E-state index contributed by atoms with van der Waals surface area (Å²) < 4.78 is 31.6. The molecule has 0 unspecified atom stereocenters. The normalized spacial score (nSPS) is 9.50. The molecule has 6 nitrogen and oxygen atoms in total. The van der Waals surface area contributed by atoms with Gasteiger partial charge < -0.3 is 12.0 Å². The number of carboxylic acids is 1. The van der Waals surface area contributed by atoms with Gasteiger partial charge in [-0.1, -0.05) is 64.7 Å². The van der Waals surface area contributed by atoms with Crippen LogP contribution in [0.2, 0.25) is 0 Å². The van der Waals surface area contributed by atoms with Gasteiger partial charge in [0, 0.05) is 6.92 Å². The van der Waals surface area contributed by atoms with Gasteiger partial charge in [-0.25, -0.2) is 0 Å². The van der Waals surface area contributed by atoms with Crippen LogP contribution in [0.15, 0.2) is 0 Å². The fourth-order valence-corrected chi connectivity index (χ4v) is 1.49. The second-order valence-corrected chi connectivity index (χ2v) is 5.54. The van der Waals surface area contributed by atoms with E-state index in [4.69, 9.17) is 27.4 Å². The Morgan fingerprint density at radius 2 is 1.14 bits per heavy atom. The summed E-state index contributed by atoms with van der Waals surface area (Å²) in [6, 6.07) is 0. The molecule has 130 valence electrons. The molecule has 0 aromatic carbocycles. The smallest absolute Gasteiger partial charge is 0.481 e. The third-order valence-electron chi connectivity index (χ3n) is 2.35. The van der Waals surface area contributed by atoms with Gasteiger partial charge in [-0.05, 0) is 0 Å². The van der Waals surface area contributed by atoms with Gasteiger partial charge in [0.2, 0.25) is 0 Å². The number of unbranched alkanes of at least 4 members (excludes halogenated alkanes) is 9. The molecule has 8 heteroatoms. The number of hydrogen-bond donors (Lipinski definition) is 3. The Labute approximate surface area is 157 Å². The predicted molar refractivity (Wildman–Crippen MR) is 84.7 cm³/mol. The maximum absolute atomic E-state index is 9.00. The minimum atomic E-state index is -4.67. The first-order chi connectivity index (χ1) is 9.65. The third-order valence-corrected chi connectivity index (χ3v) is 2.35. The van der Waals surface area contributed by atoms with Crippen LogP contribution in [0.5, 0.6) is 0 Å². The van der Waals surface area contributed by atoms with E-state index in [1.807, 2.05) is 0 Å².